The van der Waals surface area contributed by atoms with Gasteiger partial charge in [-0.15, -0.1) is 21.5 Å². The van der Waals surface area contributed by atoms with E-state index in [1.165, 1.54) is 11.3 Å². The number of carbonyl (C=O) groups is 2. The number of nitrogens with one attached hydrogen (secondary N) is 1. The van der Waals surface area contributed by atoms with Gasteiger partial charge in [-0.2, -0.15) is 4.80 Å². The highest BCUT2D eigenvalue weighted by molar-refractivity contribution is 7.13. The summed E-state index contributed by atoms with van der Waals surface area (Å²) in [6, 6.07) is 11.2. The number of carbonyl (C=O) groups excluding carboxylic acids is 2. The second-order valence-corrected chi connectivity index (χ2v) is 6.81. The van der Waals surface area contributed by atoms with Crippen molar-refractivity contribution in [1.29, 1.82) is 0 Å². The predicted octanol–water partition coefficient (Wildman–Crippen LogP) is 2.70. The molecule has 0 saturated carbocycles. The number of fused-ring (bicyclic) bond motifs is 1. The summed E-state index contributed by atoms with van der Waals surface area (Å²) in [7, 11) is 0. The van der Waals surface area contributed by atoms with Crippen LogP contribution in [0.2, 0.25) is 0 Å². The lowest BCUT2D eigenvalue weighted by molar-refractivity contribution is -0.147. The Morgan fingerprint density at radius 3 is 2.93 bits per heavy atom. The first-order valence-electron chi connectivity index (χ1n) is 8.23. The molecule has 1 aromatic carbocycles. The second kappa shape index (κ2) is 7.12. The molecule has 3 heterocycles. The van der Waals surface area contributed by atoms with Crippen LogP contribution in [0.15, 0.2) is 48.0 Å². The maximum Gasteiger partial charge on any atom is 0.330 e. The van der Waals surface area contributed by atoms with Crippen LogP contribution in [0.3, 0.4) is 0 Å². The summed E-state index contributed by atoms with van der Waals surface area (Å²) in [5.41, 5.74) is 1.34. The molecular weight excluding hydrogens is 366 g/mol. The smallest absolute Gasteiger partial charge is 0.330 e. The average molecular weight is 381 g/mol. The van der Waals surface area contributed by atoms with Crippen LogP contribution in [0.5, 0.6) is 0 Å². The zero-order chi connectivity index (χ0) is 18.8. The fraction of sp³-hybridized carbons (Fsp3) is 0.167. The van der Waals surface area contributed by atoms with Crippen molar-refractivity contribution in [2.45, 2.75) is 19.6 Å². The number of nitrogens with zero attached hydrogens (tertiary/aromatic N) is 4. The van der Waals surface area contributed by atoms with Gasteiger partial charge in [-0.25, -0.2) is 4.79 Å². The van der Waals surface area contributed by atoms with Gasteiger partial charge in [-0.3, -0.25) is 4.79 Å². The van der Waals surface area contributed by atoms with Crippen LogP contribution < -0.4 is 0 Å². The molecule has 27 heavy (non-hydrogen) atoms. The van der Waals surface area contributed by atoms with E-state index >= 15 is 0 Å². The number of hydrogen-bond acceptors (Lipinski definition) is 7. The minimum atomic E-state index is -0.919. The SMILES string of the molecule is C[C@H](OC(=O)Cn1nnc(-c2cccs2)n1)C(=O)c1c[nH]c2ccccc12. The molecule has 0 fully saturated rings. The number of ketones is 1. The standard InChI is InChI=1S/C18H15N5O3S/c1-11(17(25)13-9-19-14-6-3-2-5-12(13)14)26-16(24)10-23-21-18(20-22-23)15-7-4-8-27-15/h2-9,11,19H,10H2,1H3/t11-/m0/s1. The summed E-state index contributed by atoms with van der Waals surface area (Å²) in [6.45, 7) is 1.33. The van der Waals surface area contributed by atoms with Crippen molar-refractivity contribution >= 4 is 34.0 Å². The van der Waals surface area contributed by atoms with Crippen LogP contribution in [0.4, 0.5) is 0 Å². The second-order valence-electron chi connectivity index (χ2n) is 5.87. The number of aromatic amines is 1. The number of hydrogen-bond donors (Lipinski definition) is 1. The minimum absolute atomic E-state index is 0.218. The van der Waals surface area contributed by atoms with E-state index in [1.807, 2.05) is 41.8 Å². The van der Waals surface area contributed by atoms with E-state index in [9.17, 15) is 9.59 Å². The van der Waals surface area contributed by atoms with Crippen molar-refractivity contribution < 1.29 is 14.3 Å². The highest BCUT2D eigenvalue weighted by atomic mass is 32.1. The number of thiophene rings is 1. The fourth-order valence-electron chi connectivity index (χ4n) is 2.71. The normalized spacial score (nSPS) is 12.2. The third-order valence-corrected chi connectivity index (χ3v) is 4.86. The molecule has 0 saturated heterocycles. The first-order chi connectivity index (χ1) is 13.1. The largest absolute Gasteiger partial charge is 0.453 e. The Hall–Kier alpha value is -3.33. The highest BCUT2D eigenvalue weighted by Gasteiger charge is 2.23. The van der Waals surface area contributed by atoms with Crippen LogP contribution in [0, 0.1) is 0 Å². The third kappa shape index (κ3) is 3.49. The predicted molar refractivity (Wildman–Crippen MR) is 99.3 cm³/mol. The topological polar surface area (TPSA) is 103 Å². The molecule has 1 N–H and O–H groups in total. The van der Waals surface area contributed by atoms with Crippen molar-refractivity contribution in [2.24, 2.45) is 0 Å². The highest BCUT2D eigenvalue weighted by Crippen LogP contribution is 2.21. The Morgan fingerprint density at radius 1 is 1.26 bits per heavy atom. The molecule has 0 radical (unpaired) electrons. The fourth-order valence-corrected chi connectivity index (χ4v) is 3.36. The van der Waals surface area contributed by atoms with Crippen LogP contribution >= 0.6 is 11.3 Å². The van der Waals surface area contributed by atoms with Crippen molar-refractivity contribution in [1.82, 2.24) is 25.2 Å². The van der Waals surface area contributed by atoms with Gasteiger partial charge < -0.3 is 9.72 Å². The molecule has 0 bridgehead atoms. The van der Waals surface area contributed by atoms with Crippen LogP contribution in [0.25, 0.3) is 21.6 Å². The summed E-state index contributed by atoms with van der Waals surface area (Å²) >= 11 is 1.48. The number of tetrazole rings is 1. The summed E-state index contributed by atoms with van der Waals surface area (Å²) < 4.78 is 5.26. The number of rotatable bonds is 6. The number of aromatic nitrogens is 5. The number of esters is 1. The maximum atomic E-state index is 12.6. The molecular formula is C18H15N5O3S. The monoisotopic (exact) mass is 381 g/mol. The zero-order valence-electron chi connectivity index (χ0n) is 14.3. The molecule has 0 spiro atoms. The lowest BCUT2D eigenvalue weighted by Crippen LogP contribution is -2.27. The molecule has 3 aromatic heterocycles. The third-order valence-electron chi connectivity index (χ3n) is 4.00. The van der Waals surface area contributed by atoms with Gasteiger partial charge in [0.05, 0.1) is 4.88 Å². The van der Waals surface area contributed by atoms with Crippen LogP contribution in [0.1, 0.15) is 17.3 Å². The van der Waals surface area contributed by atoms with E-state index < -0.39 is 12.1 Å². The maximum absolute atomic E-state index is 12.6. The Kier molecular flexibility index (Phi) is 4.51. The number of benzene rings is 1. The Morgan fingerprint density at radius 2 is 2.11 bits per heavy atom. The molecule has 0 unspecified atom stereocenters. The van der Waals surface area contributed by atoms with Crippen LogP contribution in [-0.4, -0.2) is 43.0 Å². The molecule has 1 atom stereocenters. The summed E-state index contributed by atoms with van der Waals surface area (Å²) in [5, 5.41) is 14.6. The molecule has 9 heteroatoms. The van der Waals surface area contributed by atoms with Gasteiger partial charge in [0.15, 0.2) is 12.6 Å². The van der Waals surface area contributed by atoms with Gasteiger partial charge in [0.2, 0.25) is 11.6 Å². The molecule has 4 rings (SSSR count). The first-order valence-corrected chi connectivity index (χ1v) is 9.11. The lowest BCUT2D eigenvalue weighted by Gasteiger charge is -2.11. The molecule has 0 amide bonds. The average Bonchev–Trinajstić information content (AvgIpc) is 3.40. The van der Waals surface area contributed by atoms with Gasteiger partial charge in [0, 0.05) is 22.7 Å². The van der Waals surface area contributed by atoms with E-state index in [-0.39, 0.29) is 12.3 Å². The summed E-state index contributed by atoms with van der Waals surface area (Å²) in [4.78, 5) is 29.8. The zero-order valence-corrected chi connectivity index (χ0v) is 15.1. The molecule has 0 aliphatic carbocycles. The Balaban J connectivity index is 1.41. The van der Waals surface area contributed by atoms with E-state index in [1.54, 1.807) is 13.1 Å². The molecule has 136 valence electrons. The van der Waals surface area contributed by atoms with Crippen molar-refractivity contribution in [3.8, 4) is 10.7 Å². The van der Waals surface area contributed by atoms with E-state index in [2.05, 4.69) is 20.4 Å². The van der Waals surface area contributed by atoms with Gasteiger partial charge in [-0.05, 0) is 29.6 Å². The first kappa shape index (κ1) is 17.1. The van der Waals surface area contributed by atoms with Gasteiger partial charge in [0.25, 0.3) is 0 Å². The number of ether oxygens (including phenoxy) is 1. The minimum Gasteiger partial charge on any atom is -0.453 e. The van der Waals surface area contributed by atoms with E-state index in [0.29, 0.717) is 11.4 Å². The van der Waals surface area contributed by atoms with E-state index in [4.69, 9.17) is 4.74 Å². The quantitative estimate of drug-likeness (QED) is 0.407. The summed E-state index contributed by atoms with van der Waals surface area (Å²) in [5.74, 6) is -0.432. The van der Waals surface area contributed by atoms with Crippen molar-refractivity contribution in [3.05, 3.63) is 53.5 Å². The molecule has 4 aromatic rings. The van der Waals surface area contributed by atoms with Crippen molar-refractivity contribution in [2.75, 3.05) is 0 Å². The van der Waals surface area contributed by atoms with Gasteiger partial charge in [0.1, 0.15) is 0 Å². The number of Topliss-reactive ketones (excluding diaryl/α,β-unsaturated/α-hetero) is 1. The Labute approximate surface area is 157 Å². The van der Waals surface area contributed by atoms with E-state index in [0.717, 1.165) is 20.6 Å². The van der Waals surface area contributed by atoms with Gasteiger partial charge in [-0.1, -0.05) is 24.3 Å². The molecule has 0 aliphatic heterocycles. The number of H-pyrrole nitrogens is 1. The number of para-hydroxylation sites is 1. The molecule has 8 nitrogen and oxygen atoms in total. The van der Waals surface area contributed by atoms with Gasteiger partial charge >= 0.3 is 5.97 Å². The van der Waals surface area contributed by atoms with Crippen LogP contribution in [-0.2, 0) is 16.1 Å². The molecule has 0 aliphatic rings. The summed E-state index contributed by atoms with van der Waals surface area (Å²) in [6.07, 6.45) is 0.709. The lowest BCUT2D eigenvalue weighted by atomic mass is 10.1. The Bertz CT molecular complexity index is 1100. The van der Waals surface area contributed by atoms with Crippen molar-refractivity contribution in [3.63, 3.8) is 0 Å².